The van der Waals surface area contributed by atoms with Gasteiger partial charge in [-0.15, -0.1) is 0 Å². The van der Waals surface area contributed by atoms with Crippen molar-refractivity contribution in [1.82, 2.24) is 5.32 Å². The quantitative estimate of drug-likeness (QED) is 0.679. The molecule has 0 amide bonds. The van der Waals surface area contributed by atoms with Crippen LogP contribution in [-0.2, 0) is 0 Å². The Kier molecular flexibility index (Phi) is 3.73. The van der Waals surface area contributed by atoms with Crippen molar-refractivity contribution in [3.8, 4) is 0 Å². The molecule has 0 aromatic carbocycles. The Morgan fingerprint density at radius 3 is 1.83 bits per heavy atom. The van der Waals surface area contributed by atoms with Gasteiger partial charge in [-0.2, -0.15) is 0 Å². The normalized spacial score (nSPS) is 14.0. The van der Waals surface area contributed by atoms with E-state index in [4.69, 9.17) is 0 Å². The molecular weight excluding hydrogens is 150 g/mol. The second-order valence-electron chi connectivity index (χ2n) is 4.96. The van der Waals surface area contributed by atoms with Gasteiger partial charge in [-0.3, -0.25) is 0 Å². The van der Waals surface area contributed by atoms with Gasteiger partial charge in [0.15, 0.2) is 0 Å². The van der Waals surface area contributed by atoms with Crippen LogP contribution in [0.25, 0.3) is 0 Å². The van der Waals surface area contributed by atoms with Gasteiger partial charge in [0, 0.05) is 5.54 Å². The number of aliphatic hydroxyl groups is 1. The summed E-state index contributed by atoms with van der Waals surface area (Å²) < 4.78 is 0. The lowest BCUT2D eigenvalue weighted by Gasteiger charge is -2.38. The molecule has 0 radical (unpaired) electrons. The fourth-order valence-corrected chi connectivity index (χ4v) is 0.676. The van der Waals surface area contributed by atoms with Crippen molar-refractivity contribution < 1.29 is 5.11 Å². The zero-order valence-corrected chi connectivity index (χ0v) is 9.23. The van der Waals surface area contributed by atoms with E-state index >= 15 is 0 Å². The predicted octanol–water partition coefficient (Wildman–Crippen LogP) is 1.78. The van der Waals surface area contributed by atoms with Gasteiger partial charge in [-0.1, -0.05) is 13.8 Å². The maximum Gasteiger partial charge on any atom is 0.0767 e. The van der Waals surface area contributed by atoms with Gasteiger partial charge < -0.3 is 10.4 Å². The van der Waals surface area contributed by atoms with Gasteiger partial charge in [-0.25, -0.2) is 0 Å². The van der Waals surface area contributed by atoms with Gasteiger partial charge in [0.2, 0.25) is 0 Å². The monoisotopic (exact) mass is 173 g/mol. The molecule has 0 heterocycles. The van der Waals surface area contributed by atoms with Crippen LogP contribution in [-0.4, -0.2) is 22.8 Å². The van der Waals surface area contributed by atoms with Crippen LogP contribution < -0.4 is 5.32 Å². The first-order chi connectivity index (χ1) is 5.17. The third-order valence-corrected chi connectivity index (χ3v) is 2.48. The zero-order valence-electron chi connectivity index (χ0n) is 9.23. The molecule has 0 spiro atoms. The maximum absolute atomic E-state index is 9.80. The van der Waals surface area contributed by atoms with E-state index in [-0.39, 0.29) is 5.54 Å². The Morgan fingerprint density at radius 2 is 1.58 bits per heavy atom. The molecule has 0 saturated carbocycles. The molecule has 2 N–H and O–H groups in total. The molecule has 2 heteroatoms. The van der Waals surface area contributed by atoms with Crippen LogP contribution >= 0.6 is 0 Å². The summed E-state index contributed by atoms with van der Waals surface area (Å²) >= 11 is 0. The topological polar surface area (TPSA) is 32.3 Å². The molecular formula is C10H23NO. The molecule has 0 aliphatic carbocycles. The van der Waals surface area contributed by atoms with Crippen molar-refractivity contribution in [1.29, 1.82) is 0 Å². The van der Waals surface area contributed by atoms with Gasteiger partial charge in [0.1, 0.15) is 0 Å². The minimum Gasteiger partial charge on any atom is -0.389 e. The van der Waals surface area contributed by atoms with Crippen molar-refractivity contribution in [2.24, 2.45) is 5.92 Å². The average Bonchev–Trinajstić information content (AvgIpc) is 1.81. The number of hydrogen-bond acceptors (Lipinski definition) is 2. The summed E-state index contributed by atoms with van der Waals surface area (Å²) in [4.78, 5) is 0. The van der Waals surface area contributed by atoms with Gasteiger partial charge in [0.05, 0.1) is 5.60 Å². The summed E-state index contributed by atoms with van der Waals surface area (Å²) in [6, 6.07) is 0. The SMILES string of the molecule is CC(C)CNC(C)(C)C(C)(C)O. The summed E-state index contributed by atoms with van der Waals surface area (Å²) in [5.74, 6) is 0.617. The third kappa shape index (κ3) is 3.55. The van der Waals surface area contributed by atoms with Crippen molar-refractivity contribution in [2.45, 2.75) is 52.7 Å². The lowest BCUT2D eigenvalue weighted by Crippen LogP contribution is -2.56. The maximum atomic E-state index is 9.80. The molecule has 0 aromatic heterocycles. The molecule has 0 bridgehead atoms. The van der Waals surface area contributed by atoms with Crippen LogP contribution in [0, 0.1) is 5.92 Å². The van der Waals surface area contributed by atoms with Gasteiger partial charge in [0.25, 0.3) is 0 Å². The fraction of sp³-hybridized carbons (Fsp3) is 1.00. The van der Waals surface area contributed by atoms with E-state index in [9.17, 15) is 5.11 Å². The Hall–Kier alpha value is -0.0800. The van der Waals surface area contributed by atoms with Gasteiger partial charge in [-0.05, 0) is 40.2 Å². The average molecular weight is 173 g/mol. The molecule has 12 heavy (non-hydrogen) atoms. The molecule has 0 unspecified atom stereocenters. The Bertz CT molecular complexity index is 133. The van der Waals surface area contributed by atoms with E-state index in [1.807, 2.05) is 27.7 Å². The Balaban J connectivity index is 4.05. The highest BCUT2D eigenvalue weighted by Gasteiger charge is 2.34. The molecule has 2 nitrogen and oxygen atoms in total. The molecule has 0 saturated heterocycles. The second-order valence-corrected chi connectivity index (χ2v) is 4.96. The van der Waals surface area contributed by atoms with Crippen LogP contribution in [0.4, 0.5) is 0 Å². The first kappa shape index (κ1) is 11.9. The number of nitrogens with one attached hydrogen (secondary N) is 1. The summed E-state index contributed by atoms with van der Waals surface area (Å²) in [5.41, 5.74) is -0.904. The number of hydrogen-bond donors (Lipinski definition) is 2. The lowest BCUT2D eigenvalue weighted by molar-refractivity contribution is -0.00552. The molecule has 0 rings (SSSR count). The predicted molar refractivity (Wildman–Crippen MR) is 53.2 cm³/mol. The highest BCUT2D eigenvalue weighted by molar-refractivity contribution is 4.93. The van der Waals surface area contributed by atoms with Crippen LogP contribution in [0.3, 0.4) is 0 Å². The first-order valence-corrected chi connectivity index (χ1v) is 4.64. The van der Waals surface area contributed by atoms with Crippen LogP contribution in [0.15, 0.2) is 0 Å². The summed E-state index contributed by atoms with van der Waals surface area (Å²) in [6.07, 6.45) is 0. The van der Waals surface area contributed by atoms with Crippen molar-refractivity contribution in [2.75, 3.05) is 6.54 Å². The Labute approximate surface area is 76.4 Å². The summed E-state index contributed by atoms with van der Waals surface area (Å²) in [7, 11) is 0. The minimum atomic E-state index is -0.679. The van der Waals surface area contributed by atoms with Crippen LogP contribution in [0.1, 0.15) is 41.5 Å². The molecule has 0 aromatic rings. The third-order valence-electron chi connectivity index (χ3n) is 2.48. The van der Waals surface area contributed by atoms with Gasteiger partial charge >= 0.3 is 0 Å². The second kappa shape index (κ2) is 3.75. The van der Waals surface area contributed by atoms with E-state index < -0.39 is 5.60 Å². The highest BCUT2D eigenvalue weighted by atomic mass is 16.3. The molecule has 0 aliphatic heterocycles. The van der Waals surface area contributed by atoms with Crippen molar-refractivity contribution in [3.05, 3.63) is 0 Å². The van der Waals surface area contributed by atoms with E-state index in [1.54, 1.807) is 0 Å². The summed E-state index contributed by atoms with van der Waals surface area (Å²) in [6.45, 7) is 13.0. The molecule has 74 valence electrons. The van der Waals surface area contributed by atoms with Crippen LogP contribution in [0.5, 0.6) is 0 Å². The fourth-order valence-electron chi connectivity index (χ4n) is 0.676. The van der Waals surface area contributed by atoms with E-state index in [0.717, 1.165) is 6.54 Å². The molecule has 0 aliphatic rings. The standard InChI is InChI=1S/C10H23NO/c1-8(2)7-11-9(3,4)10(5,6)12/h8,11-12H,7H2,1-6H3. The summed E-state index contributed by atoms with van der Waals surface area (Å²) in [5, 5.41) is 13.1. The lowest BCUT2D eigenvalue weighted by atomic mass is 9.85. The smallest absolute Gasteiger partial charge is 0.0767 e. The Morgan fingerprint density at radius 1 is 1.17 bits per heavy atom. The minimum absolute atomic E-state index is 0.225. The van der Waals surface area contributed by atoms with Crippen molar-refractivity contribution in [3.63, 3.8) is 0 Å². The highest BCUT2D eigenvalue weighted by Crippen LogP contribution is 2.20. The first-order valence-electron chi connectivity index (χ1n) is 4.64. The zero-order chi connectivity index (χ0) is 9.99. The molecule has 0 atom stereocenters. The number of rotatable bonds is 4. The molecule has 0 fully saturated rings. The largest absolute Gasteiger partial charge is 0.389 e. The van der Waals surface area contributed by atoms with E-state index in [0.29, 0.717) is 5.92 Å². The van der Waals surface area contributed by atoms with Crippen LogP contribution in [0.2, 0.25) is 0 Å². The van der Waals surface area contributed by atoms with Crippen molar-refractivity contribution >= 4 is 0 Å². The van der Waals surface area contributed by atoms with E-state index in [1.165, 1.54) is 0 Å². The van der Waals surface area contributed by atoms with E-state index in [2.05, 4.69) is 19.2 Å².